The monoisotopic (exact) mass is 444 g/mol. The van der Waals surface area contributed by atoms with Gasteiger partial charge in [0.25, 0.3) is 5.91 Å². The largest absolute Gasteiger partial charge is 0.489 e. The van der Waals surface area contributed by atoms with Crippen LogP contribution in [0.25, 0.3) is 0 Å². The quantitative estimate of drug-likeness (QED) is 0.650. The Bertz CT molecular complexity index is 971. The number of nitrogens with zero attached hydrogens (tertiary/aromatic N) is 2. The lowest BCUT2D eigenvalue weighted by Crippen LogP contribution is -2.53. The first-order valence-electron chi connectivity index (χ1n) is 10.6. The lowest BCUT2D eigenvalue weighted by atomic mass is 10.2. The molecule has 2 fully saturated rings. The summed E-state index contributed by atoms with van der Waals surface area (Å²) in [5.74, 6) is 1.83. The van der Waals surface area contributed by atoms with Crippen molar-refractivity contribution in [1.82, 2.24) is 9.80 Å². The second-order valence-electron chi connectivity index (χ2n) is 8.01. The van der Waals surface area contributed by atoms with Gasteiger partial charge in [-0.05, 0) is 36.2 Å². The molecule has 0 spiro atoms. The predicted molar refractivity (Wildman–Crippen MR) is 118 cm³/mol. The van der Waals surface area contributed by atoms with Crippen LogP contribution in [0.3, 0.4) is 0 Å². The van der Waals surface area contributed by atoms with E-state index in [1.165, 1.54) is 0 Å². The predicted octanol–water partition coefficient (Wildman–Crippen LogP) is 1.98. The van der Waals surface area contributed by atoms with Gasteiger partial charge in [0.05, 0.1) is 11.5 Å². The molecular formula is C23H28N2O5S. The van der Waals surface area contributed by atoms with Gasteiger partial charge >= 0.3 is 0 Å². The summed E-state index contributed by atoms with van der Waals surface area (Å²) in [6.45, 7) is 3.11. The number of rotatable bonds is 7. The zero-order valence-corrected chi connectivity index (χ0v) is 18.3. The van der Waals surface area contributed by atoms with Crippen LogP contribution in [0, 0.1) is 0 Å². The molecule has 7 nitrogen and oxygen atoms in total. The molecule has 0 aromatic heterocycles. The van der Waals surface area contributed by atoms with Gasteiger partial charge < -0.3 is 14.4 Å². The Labute approximate surface area is 183 Å². The van der Waals surface area contributed by atoms with E-state index in [1.807, 2.05) is 42.5 Å². The van der Waals surface area contributed by atoms with E-state index in [2.05, 4.69) is 4.90 Å². The van der Waals surface area contributed by atoms with E-state index in [4.69, 9.17) is 9.47 Å². The number of hydrogen-bond acceptors (Lipinski definition) is 6. The molecule has 0 bridgehead atoms. The third-order valence-electron chi connectivity index (χ3n) is 5.83. The van der Waals surface area contributed by atoms with E-state index in [-0.39, 0.29) is 30.1 Å². The van der Waals surface area contributed by atoms with Gasteiger partial charge in [0.1, 0.15) is 18.1 Å². The highest BCUT2D eigenvalue weighted by atomic mass is 32.2. The van der Waals surface area contributed by atoms with E-state index in [0.717, 1.165) is 11.3 Å². The maximum absolute atomic E-state index is 12.5. The van der Waals surface area contributed by atoms with Crippen molar-refractivity contribution in [3.63, 3.8) is 0 Å². The van der Waals surface area contributed by atoms with Crippen molar-refractivity contribution in [2.75, 3.05) is 44.3 Å². The topological polar surface area (TPSA) is 76.2 Å². The zero-order valence-electron chi connectivity index (χ0n) is 17.5. The SMILES string of the molecule is O=C(COc1ccc(OCc2ccccc2)cc1)N1CCN([C@H]2CCS(=O)(=O)C2)CC1. The molecule has 2 aliphatic rings. The second-order valence-corrected chi connectivity index (χ2v) is 10.2. The Morgan fingerprint density at radius 3 is 2.16 bits per heavy atom. The summed E-state index contributed by atoms with van der Waals surface area (Å²) < 4.78 is 34.8. The Morgan fingerprint density at radius 1 is 0.903 bits per heavy atom. The first-order chi connectivity index (χ1) is 15.0. The molecule has 1 atom stereocenters. The normalized spacial score (nSPS) is 21.0. The first kappa shape index (κ1) is 21.6. The molecule has 0 N–H and O–H groups in total. The van der Waals surface area contributed by atoms with Crippen LogP contribution in [-0.4, -0.2) is 74.5 Å². The minimum Gasteiger partial charge on any atom is -0.489 e. The summed E-state index contributed by atoms with van der Waals surface area (Å²) in [6, 6.07) is 17.3. The molecular weight excluding hydrogens is 416 g/mol. The van der Waals surface area contributed by atoms with Gasteiger partial charge in [-0.3, -0.25) is 9.69 Å². The van der Waals surface area contributed by atoms with Crippen molar-refractivity contribution < 1.29 is 22.7 Å². The summed E-state index contributed by atoms with van der Waals surface area (Å²) in [7, 11) is -2.89. The summed E-state index contributed by atoms with van der Waals surface area (Å²) in [5.41, 5.74) is 1.10. The average Bonchev–Trinajstić information content (AvgIpc) is 3.17. The van der Waals surface area contributed by atoms with E-state index in [1.54, 1.807) is 17.0 Å². The van der Waals surface area contributed by atoms with Gasteiger partial charge in [0.15, 0.2) is 16.4 Å². The molecule has 0 radical (unpaired) electrons. The molecule has 31 heavy (non-hydrogen) atoms. The maximum atomic E-state index is 12.5. The summed E-state index contributed by atoms with van der Waals surface area (Å²) >= 11 is 0. The molecule has 0 aliphatic carbocycles. The van der Waals surface area contributed by atoms with Gasteiger partial charge in [-0.2, -0.15) is 0 Å². The van der Waals surface area contributed by atoms with Crippen LogP contribution in [0.15, 0.2) is 54.6 Å². The van der Waals surface area contributed by atoms with Gasteiger partial charge in [-0.15, -0.1) is 0 Å². The smallest absolute Gasteiger partial charge is 0.260 e. The van der Waals surface area contributed by atoms with E-state index < -0.39 is 9.84 Å². The first-order valence-corrected chi connectivity index (χ1v) is 12.4. The van der Waals surface area contributed by atoms with Crippen molar-refractivity contribution in [3.05, 3.63) is 60.2 Å². The molecule has 0 unspecified atom stereocenters. The van der Waals surface area contributed by atoms with Crippen molar-refractivity contribution >= 4 is 15.7 Å². The van der Waals surface area contributed by atoms with Crippen molar-refractivity contribution in [2.45, 2.75) is 19.1 Å². The highest BCUT2D eigenvalue weighted by molar-refractivity contribution is 7.91. The number of amides is 1. The van der Waals surface area contributed by atoms with Crippen LogP contribution in [0.4, 0.5) is 0 Å². The molecule has 1 amide bonds. The highest BCUT2D eigenvalue weighted by Gasteiger charge is 2.34. The minimum absolute atomic E-state index is 0.0119. The molecule has 8 heteroatoms. The maximum Gasteiger partial charge on any atom is 0.260 e. The Kier molecular flexibility index (Phi) is 6.77. The van der Waals surface area contributed by atoms with Crippen molar-refractivity contribution in [1.29, 1.82) is 0 Å². The number of sulfone groups is 1. The van der Waals surface area contributed by atoms with Gasteiger partial charge in [0, 0.05) is 32.2 Å². The fourth-order valence-electron chi connectivity index (χ4n) is 4.01. The third-order valence-corrected chi connectivity index (χ3v) is 7.58. The fourth-order valence-corrected chi connectivity index (χ4v) is 5.77. The summed E-state index contributed by atoms with van der Waals surface area (Å²) in [5, 5.41) is 0. The average molecular weight is 445 g/mol. The van der Waals surface area contributed by atoms with Crippen LogP contribution < -0.4 is 9.47 Å². The molecule has 2 aromatic rings. The third kappa shape index (κ3) is 5.98. The van der Waals surface area contributed by atoms with Crippen LogP contribution in [0.2, 0.25) is 0 Å². The van der Waals surface area contributed by atoms with E-state index in [0.29, 0.717) is 45.0 Å². The van der Waals surface area contributed by atoms with Crippen LogP contribution in [0.5, 0.6) is 11.5 Å². The standard InChI is InChI=1S/C23H28N2O5S/c26-23(25-13-11-24(12-14-25)20-10-15-31(27,28)18-20)17-30-22-8-6-21(7-9-22)29-16-19-4-2-1-3-5-19/h1-9,20H,10-18H2/t20-/m0/s1. The Morgan fingerprint density at radius 2 is 1.55 bits per heavy atom. The molecule has 2 saturated heterocycles. The molecule has 2 aliphatic heterocycles. The second kappa shape index (κ2) is 9.70. The Hall–Kier alpha value is -2.58. The Balaban J connectivity index is 1.18. The lowest BCUT2D eigenvalue weighted by Gasteiger charge is -2.37. The zero-order chi connectivity index (χ0) is 21.7. The van der Waals surface area contributed by atoms with Crippen LogP contribution in [0.1, 0.15) is 12.0 Å². The van der Waals surface area contributed by atoms with Crippen molar-refractivity contribution in [3.8, 4) is 11.5 Å². The lowest BCUT2D eigenvalue weighted by molar-refractivity contribution is -0.135. The van der Waals surface area contributed by atoms with E-state index >= 15 is 0 Å². The van der Waals surface area contributed by atoms with Crippen molar-refractivity contribution in [2.24, 2.45) is 0 Å². The van der Waals surface area contributed by atoms with Gasteiger partial charge in [-0.1, -0.05) is 30.3 Å². The molecule has 0 saturated carbocycles. The molecule has 4 rings (SSSR count). The number of carbonyl (C=O) groups is 1. The molecule has 166 valence electrons. The number of ether oxygens (including phenoxy) is 2. The minimum atomic E-state index is -2.89. The van der Waals surface area contributed by atoms with Gasteiger partial charge in [0.2, 0.25) is 0 Å². The molecule has 2 aromatic carbocycles. The van der Waals surface area contributed by atoms with Gasteiger partial charge in [-0.25, -0.2) is 8.42 Å². The van der Waals surface area contributed by atoms with Crippen LogP contribution in [-0.2, 0) is 21.2 Å². The number of hydrogen-bond donors (Lipinski definition) is 0. The summed E-state index contributed by atoms with van der Waals surface area (Å²) in [4.78, 5) is 16.5. The number of carbonyl (C=O) groups excluding carboxylic acids is 1. The van der Waals surface area contributed by atoms with Crippen LogP contribution >= 0.6 is 0 Å². The van der Waals surface area contributed by atoms with E-state index in [9.17, 15) is 13.2 Å². The summed E-state index contributed by atoms with van der Waals surface area (Å²) in [6.07, 6.45) is 0.699. The fraction of sp³-hybridized carbons (Fsp3) is 0.435. The highest BCUT2D eigenvalue weighted by Crippen LogP contribution is 2.20. The number of benzene rings is 2. The molecule has 2 heterocycles. The number of piperazine rings is 1.